The smallest absolute Gasteiger partial charge is 0.220 e. The first-order chi connectivity index (χ1) is 26.6. The number of nitrogens with one attached hydrogen (secondary N) is 1. The molecule has 0 spiro atoms. The van der Waals surface area contributed by atoms with E-state index in [0.717, 1.165) is 38.5 Å². The third kappa shape index (κ3) is 39.1. The van der Waals surface area contributed by atoms with Crippen LogP contribution in [0.25, 0.3) is 0 Å². The zero-order valence-electron chi connectivity index (χ0n) is 36.4. The molecule has 0 fully saturated rings. The summed E-state index contributed by atoms with van der Waals surface area (Å²) < 4.78 is 0. The highest BCUT2D eigenvalue weighted by atomic mass is 16.3. The zero-order chi connectivity index (χ0) is 39.4. The fraction of sp³-hybridized carbons (Fsp3) is 0.898. The Bertz CT molecular complexity index is 799. The van der Waals surface area contributed by atoms with Gasteiger partial charge in [-0.1, -0.05) is 212 Å². The molecule has 3 unspecified atom stereocenters. The summed E-state index contributed by atoms with van der Waals surface area (Å²) in [6.07, 6.45) is 54.6. The van der Waals surface area contributed by atoms with E-state index in [0.29, 0.717) is 12.8 Å². The summed E-state index contributed by atoms with van der Waals surface area (Å²) in [7, 11) is 0. The molecular weight excluding hydrogens is 667 g/mol. The van der Waals surface area contributed by atoms with Gasteiger partial charge in [-0.3, -0.25) is 4.79 Å². The molecule has 320 valence electrons. The van der Waals surface area contributed by atoms with Gasteiger partial charge in [0.25, 0.3) is 0 Å². The third-order valence-electron chi connectivity index (χ3n) is 11.3. The summed E-state index contributed by atoms with van der Waals surface area (Å²) in [4.78, 5) is 12.4. The van der Waals surface area contributed by atoms with Crippen molar-refractivity contribution in [2.45, 2.75) is 276 Å². The fourth-order valence-corrected chi connectivity index (χ4v) is 7.51. The average molecular weight is 762 g/mol. The van der Waals surface area contributed by atoms with Crippen LogP contribution in [0.1, 0.15) is 258 Å². The zero-order valence-corrected chi connectivity index (χ0v) is 36.4. The van der Waals surface area contributed by atoms with Crippen molar-refractivity contribution in [3.8, 4) is 0 Å². The molecule has 0 heterocycles. The number of aliphatic hydroxyl groups is 3. The molecule has 0 bridgehead atoms. The molecule has 0 rings (SSSR count). The normalized spacial score (nSPS) is 13.6. The lowest BCUT2D eigenvalue weighted by Gasteiger charge is -2.26. The molecule has 0 radical (unpaired) electrons. The van der Waals surface area contributed by atoms with Gasteiger partial charge in [-0.2, -0.15) is 0 Å². The minimum Gasteiger partial charge on any atom is -0.394 e. The Labute approximate surface area is 337 Å². The van der Waals surface area contributed by atoms with E-state index < -0.39 is 18.2 Å². The number of hydrogen-bond acceptors (Lipinski definition) is 4. The molecule has 0 saturated carbocycles. The fourth-order valence-electron chi connectivity index (χ4n) is 7.51. The number of amides is 1. The van der Waals surface area contributed by atoms with Gasteiger partial charge in [-0.25, -0.2) is 0 Å². The van der Waals surface area contributed by atoms with Gasteiger partial charge in [0.05, 0.1) is 18.8 Å². The number of rotatable bonds is 44. The first-order valence-electron chi connectivity index (χ1n) is 24.1. The van der Waals surface area contributed by atoms with Crippen molar-refractivity contribution in [1.82, 2.24) is 5.32 Å². The summed E-state index contributed by atoms with van der Waals surface area (Å²) in [5.41, 5.74) is 0. The Kier molecular flexibility index (Phi) is 43.6. The second kappa shape index (κ2) is 44.5. The Morgan fingerprint density at radius 3 is 1.07 bits per heavy atom. The Morgan fingerprint density at radius 1 is 0.444 bits per heavy atom. The lowest BCUT2D eigenvalue weighted by atomic mass is 10.0. The van der Waals surface area contributed by atoms with Gasteiger partial charge >= 0.3 is 0 Å². The number of aliphatic hydroxyl groups excluding tert-OH is 3. The monoisotopic (exact) mass is 762 g/mol. The average Bonchev–Trinajstić information content (AvgIpc) is 3.18. The molecule has 0 saturated heterocycles. The number of carbonyl (C=O) groups is 1. The molecule has 0 aromatic rings. The molecule has 0 aromatic carbocycles. The Balaban J connectivity index is 3.54. The van der Waals surface area contributed by atoms with Crippen LogP contribution < -0.4 is 5.32 Å². The standard InChI is InChI=1S/C49H95NO4/c1-3-5-7-9-11-13-15-17-18-19-20-21-22-23-24-25-26-27-28-29-30-31-32-34-36-38-40-42-44-48(53)50-46(45-51)49(54)47(52)43-41-39-37-35-33-16-14-12-10-8-6-4-2/h23-24,35,37,46-47,49,51-52,54H,3-22,25-34,36,38-45H2,1-2H3,(H,50,53)/b24-23-,37-35+. The van der Waals surface area contributed by atoms with Crippen molar-refractivity contribution in [2.24, 2.45) is 0 Å². The van der Waals surface area contributed by atoms with Crippen LogP contribution in [-0.4, -0.2) is 46.1 Å². The van der Waals surface area contributed by atoms with Gasteiger partial charge < -0.3 is 20.6 Å². The van der Waals surface area contributed by atoms with E-state index in [2.05, 4.69) is 43.5 Å². The predicted molar refractivity (Wildman–Crippen MR) is 236 cm³/mol. The van der Waals surface area contributed by atoms with Gasteiger partial charge in [0.1, 0.15) is 6.10 Å². The third-order valence-corrected chi connectivity index (χ3v) is 11.3. The van der Waals surface area contributed by atoms with Crippen LogP contribution in [0.3, 0.4) is 0 Å². The Hall–Kier alpha value is -1.17. The van der Waals surface area contributed by atoms with Crippen molar-refractivity contribution in [1.29, 1.82) is 0 Å². The van der Waals surface area contributed by atoms with Crippen LogP contribution in [0.2, 0.25) is 0 Å². The molecule has 1 amide bonds. The number of hydrogen-bond donors (Lipinski definition) is 4. The SMILES string of the molecule is CCCCCCCCC/C=C/CCCC(O)C(O)C(CO)NC(=O)CCCCCCCCCCCCCC/C=C\CCCCCCCCCCCCCC. The number of carbonyl (C=O) groups excluding carboxylic acids is 1. The first kappa shape index (κ1) is 52.8. The molecule has 0 aliphatic carbocycles. The van der Waals surface area contributed by atoms with E-state index in [-0.39, 0.29) is 12.5 Å². The Morgan fingerprint density at radius 2 is 0.741 bits per heavy atom. The van der Waals surface area contributed by atoms with Gasteiger partial charge in [0.2, 0.25) is 5.91 Å². The van der Waals surface area contributed by atoms with E-state index in [9.17, 15) is 20.1 Å². The summed E-state index contributed by atoms with van der Waals surface area (Å²) >= 11 is 0. The van der Waals surface area contributed by atoms with Crippen molar-refractivity contribution < 1.29 is 20.1 Å². The van der Waals surface area contributed by atoms with Crippen molar-refractivity contribution >= 4 is 5.91 Å². The van der Waals surface area contributed by atoms with Crippen molar-refractivity contribution in [3.05, 3.63) is 24.3 Å². The van der Waals surface area contributed by atoms with Crippen molar-refractivity contribution in [3.63, 3.8) is 0 Å². The highest BCUT2D eigenvalue weighted by molar-refractivity contribution is 5.76. The second-order valence-corrected chi connectivity index (χ2v) is 16.7. The highest BCUT2D eigenvalue weighted by Crippen LogP contribution is 2.16. The van der Waals surface area contributed by atoms with Crippen LogP contribution in [0.5, 0.6) is 0 Å². The summed E-state index contributed by atoms with van der Waals surface area (Å²) in [5.74, 6) is -0.153. The van der Waals surface area contributed by atoms with Crippen LogP contribution in [0.15, 0.2) is 24.3 Å². The number of allylic oxidation sites excluding steroid dienone is 4. The van der Waals surface area contributed by atoms with Crippen molar-refractivity contribution in [2.75, 3.05) is 6.61 Å². The molecule has 0 aliphatic rings. The minimum absolute atomic E-state index is 0.153. The van der Waals surface area contributed by atoms with Crippen LogP contribution in [0.4, 0.5) is 0 Å². The van der Waals surface area contributed by atoms with E-state index in [1.54, 1.807) is 0 Å². The minimum atomic E-state index is -1.16. The maximum absolute atomic E-state index is 12.4. The molecule has 0 aromatic heterocycles. The molecule has 3 atom stereocenters. The molecule has 5 nitrogen and oxygen atoms in total. The van der Waals surface area contributed by atoms with Crippen LogP contribution in [0, 0.1) is 0 Å². The summed E-state index contributed by atoms with van der Waals surface area (Å²) in [6, 6.07) is -0.823. The first-order valence-corrected chi connectivity index (χ1v) is 24.1. The quantitative estimate of drug-likeness (QED) is 0.0368. The van der Waals surface area contributed by atoms with E-state index in [1.165, 1.54) is 193 Å². The molecule has 54 heavy (non-hydrogen) atoms. The molecule has 0 aliphatic heterocycles. The van der Waals surface area contributed by atoms with E-state index in [1.807, 2.05) is 0 Å². The highest BCUT2D eigenvalue weighted by Gasteiger charge is 2.26. The second-order valence-electron chi connectivity index (χ2n) is 16.7. The van der Waals surface area contributed by atoms with Crippen LogP contribution >= 0.6 is 0 Å². The lowest BCUT2D eigenvalue weighted by molar-refractivity contribution is -0.124. The van der Waals surface area contributed by atoms with Gasteiger partial charge in [-0.15, -0.1) is 0 Å². The largest absolute Gasteiger partial charge is 0.394 e. The van der Waals surface area contributed by atoms with E-state index in [4.69, 9.17) is 0 Å². The van der Waals surface area contributed by atoms with Gasteiger partial charge in [-0.05, 0) is 64.2 Å². The van der Waals surface area contributed by atoms with Gasteiger partial charge in [0, 0.05) is 6.42 Å². The topological polar surface area (TPSA) is 89.8 Å². The van der Waals surface area contributed by atoms with Gasteiger partial charge in [0.15, 0.2) is 0 Å². The summed E-state index contributed by atoms with van der Waals surface area (Å²) in [5, 5.41) is 33.5. The van der Waals surface area contributed by atoms with E-state index >= 15 is 0 Å². The summed E-state index contributed by atoms with van der Waals surface area (Å²) in [6.45, 7) is 4.17. The predicted octanol–water partition coefficient (Wildman–Crippen LogP) is 14.2. The molecule has 5 heteroatoms. The van der Waals surface area contributed by atoms with Crippen LogP contribution in [-0.2, 0) is 4.79 Å². The maximum atomic E-state index is 12.4. The molecular formula is C49H95NO4. The number of unbranched alkanes of at least 4 members (excludes halogenated alkanes) is 32. The maximum Gasteiger partial charge on any atom is 0.220 e. The molecule has 4 N–H and O–H groups in total. The lowest BCUT2D eigenvalue weighted by Crippen LogP contribution is -2.50.